The van der Waals surface area contributed by atoms with Gasteiger partial charge >= 0.3 is 0 Å². The Hall–Kier alpha value is -0.930. The standard InChI is InChI=1S/C18H20Cl3NO/c1-12(2)23-18-6-3-13(9-17(18)21)11-22-8-7-14-4-5-15(19)10-16(14)20/h3-6,9-10,12,22H,7-8,11H2,1-2H3. The Bertz CT molecular complexity index is 659. The van der Waals surface area contributed by atoms with E-state index in [9.17, 15) is 0 Å². The van der Waals surface area contributed by atoms with Crippen LogP contribution in [0.15, 0.2) is 36.4 Å². The largest absolute Gasteiger partial charge is 0.489 e. The third kappa shape index (κ3) is 5.89. The average Bonchev–Trinajstić information content (AvgIpc) is 2.47. The van der Waals surface area contributed by atoms with Gasteiger partial charge in [-0.05, 0) is 62.2 Å². The highest BCUT2D eigenvalue weighted by atomic mass is 35.5. The van der Waals surface area contributed by atoms with Crippen molar-refractivity contribution in [1.29, 1.82) is 0 Å². The molecule has 2 aromatic rings. The van der Waals surface area contributed by atoms with Gasteiger partial charge in [-0.1, -0.05) is 46.9 Å². The van der Waals surface area contributed by atoms with Crippen LogP contribution in [0.25, 0.3) is 0 Å². The van der Waals surface area contributed by atoms with Crippen LogP contribution in [-0.4, -0.2) is 12.6 Å². The Kier molecular flexibility index (Phi) is 7.04. The van der Waals surface area contributed by atoms with Crippen LogP contribution in [0.5, 0.6) is 5.75 Å². The second-order valence-electron chi connectivity index (χ2n) is 5.59. The summed E-state index contributed by atoms with van der Waals surface area (Å²) >= 11 is 18.3. The molecule has 0 radical (unpaired) electrons. The summed E-state index contributed by atoms with van der Waals surface area (Å²) in [6.45, 7) is 5.53. The SMILES string of the molecule is CC(C)Oc1ccc(CNCCc2ccc(Cl)cc2Cl)cc1Cl. The first-order valence-corrected chi connectivity index (χ1v) is 8.69. The van der Waals surface area contributed by atoms with Crippen LogP contribution in [0.2, 0.25) is 15.1 Å². The molecule has 2 rings (SSSR count). The van der Waals surface area contributed by atoms with Crippen molar-refractivity contribution >= 4 is 34.8 Å². The van der Waals surface area contributed by atoms with Crippen LogP contribution in [-0.2, 0) is 13.0 Å². The highest BCUT2D eigenvalue weighted by Gasteiger charge is 2.05. The first kappa shape index (κ1) is 18.4. The lowest BCUT2D eigenvalue weighted by Crippen LogP contribution is -2.17. The van der Waals surface area contributed by atoms with Crippen molar-refractivity contribution in [2.75, 3.05) is 6.54 Å². The molecule has 0 aliphatic heterocycles. The molecule has 0 spiro atoms. The molecule has 0 unspecified atom stereocenters. The van der Waals surface area contributed by atoms with Gasteiger partial charge in [-0.3, -0.25) is 0 Å². The van der Waals surface area contributed by atoms with Gasteiger partial charge < -0.3 is 10.1 Å². The summed E-state index contributed by atoms with van der Waals surface area (Å²) in [6, 6.07) is 11.5. The zero-order chi connectivity index (χ0) is 16.8. The van der Waals surface area contributed by atoms with E-state index in [1.807, 2.05) is 44.2 Å². The van der Waals surface area contributed by atoms with E-state index in [0.29, 0.717) is 15.1 Å². The van der Waals surface area contributed by atoms with Crippen LogP contribution in [0, 0.1) is 0 Å². The molecule has 0 saturated carbocycles. The monoisotopic (exact) mass is 371 g/mol. The minimum Gasteiger partial charge on any atom is -0.489 e. The fourth-order valence-electron chi connectivity index (χ4n) is 2.18. The fourth-order valence-corrected chi connectivity index (χ4v) is 2.93. The van der Waals surface area contributed by atoms with Gasteiger partial charge in [0, 0.05) is 16.6 Å². The second-order valence-corrected chi connectivity index (χ2v) is 6.84. The molecular weight excluding hydrogens is 353 g/mol. The van der Waals surface area contributed by atoms with Gasteiger partial charge in [0.15, 0.2) is 0 Å². The molecule has 0 heterocycles. The molecule has 0 aromatic heterocycles. The van der Waals surface area contributed by atoms with Crippen LogP contribution >= 0.6 is 34.8 Å². The first-order chi connectivity index (χ1) is 11.0. The normalized spacial score (nSPS) is 11.0. The lowest BCUT2D eigenvalue weighted by atomic mass is 10.1. The van der Waals surface area contributed by atoms with Gasteiger partial charge in [0.1, 0.15) is 5.75 Å². The number of halogens is 3. The first-order valence-electron chi connectivity index (χ1n) is 7.55. The minimum absolute atomic E-state index is 0.112. The third-order valence-electron chi connectivity index (χ3n) is 3.27. The summed E-state index contributed by atoms with van der Waals surface area (Å²) in [6.07, 6.45) is 0.957. The highest BCUT2D eigenvalue weighted by molar-refractivity contribution is 6.35. The van der Waals surface area contributed by atoms with Crippen molar-refractivity contribution < 1.29 is 4.74 Å². The second kappa shape index (κ2) is 8.79. The summed E-state index contributed by atoms with van der Waals surface area (Å²) in [5.41, 5.74) is 2.20. The van der Waals surface area contributed by atoms with E-state index in [1.165, 1.54) is 0 Å². The van der Waals surface area contributed by atoms with Crippen molar-refractivity contribution in [3.8, 4) is 5.75 Å². The van der Waals surface area contributed by atoms with E-state index in [1.54, 1.807) is 6.07 Å². The Morgan fingerprint density at radius 2 is 1.78 bits per heavy atom. The zero-order valence-electron chi connectivity index (χ0n) is 13.2. The fraction of sp³-hybridized carbons (Fsp3) is 0.333. The van der Waals surface area contributed by atoms with Crippen LogP contribution in [0.4, 0.5) is 0 Å². The van der Waals surface area contributed by atoms with Crippen molar-refractivity contribution in [2.45, 2.75) is 32.9 Å². The molecule has 0 saturated heterocycles. The molecule has 0 aliphatic carbocycles. The molecule has 0 amide bonds. The van der Waals surface area contributed by atoms with Crippen LogP contribution < -0.4 is 10.1 Å². The molecule has 23 heavy (non-hydrogen) atoms. The predicted octanol–water partition coefficient (Wildman–Crippen LogP) is 5.77. The lowest BCUT2D eigenvalue weighted by molar-refractivity contribution is 0.242. The van der Waals surface area contributed by atoms with Crippen molar-refractivity contribution in [2.24, 2.45) is 0 Å². The molecule has 0 aliphatic rings. The van der Waals surface area contributed by atoms with Gasteiger partial charge in [-0.2, -0.15) is 0 Å². The molecule has 124 valence electrons. The third-order valence-corrected chi connectivity index (χ3v) is 4.16. The Balaban J connectivity index is 1.83. The number of ether oxygens (including phenoxy) is 1. The Morgan fingerprint density at radius 3 is 2.43 bits per heavy atom. The van der Waals surface area contributed by atoms with Gasteiger partial charge in [0.25, 0.3) is 0 Å². The maximum absolute atomic E-state index is 6.24. The minimum atomic E-state index is 0.112. The summed E-state index contributed by atoms with van der Waals surface area (Å²) in [4.78, 5) is 0. The number of hydrogen-bond donors (Lipinski definition) is 1. The van der Waals surface area contributed by atoms with Gasteiger partial charge in [0.05, 0.1) is 11.1 Å². The molecule has 0 fully saturated rings. The topological polar surface area (TPSA) is 21.3 Å². The van der Waals surface area contributed by atoms with E-state index in [-0.39, 0.29) is 6.10 Å². The van der Waals surface area contributed by atoms with E-state index in [2.05, 4.69) is 5.32 Å². The van der Waals surface area contributed by atoms with Crippen molar-refractivity contribution in [3.05, 3.63) is 62.6 Å². The molecule has 0 bridgehead atoms. The number of nitrogens with one attached hydrogen (secondary N) is 1. The van der Waals surface area contributed by atoms with E-state index in [4.69, 9.17) is 39.5 Å². The van der Waals surface area contributed by atoms with E-state index in [0.717, 1.165) is 36.4 Å². The summed E-state index contributed by atoms with van der Waals surface area (Å²) in [5.74, 6) is 0.721. The number of benzene rings is 2. The smallest absolute Gasteiger partial charge is 0.138 e. The predicted molar refractivity (Wildman–Crippen MR) is 99.1 cm³/mol. The Morgan fingerprint density at radius 1 is 1.00 bits per heavy atom. The molecule has 2 nitrogen and oxygen atoms in total. The molecule has 2 aromatic carbocycles. The summed E-state index contributed by atoms with van der Waals surface area (Å²) in [5, 5.41) is 5.39. The Labute approximate surface area is 152 Å². The van der Waals surface area contributed by atoms with Crippen molar-refractivity contribution in [3.63, 3.8) is 0 Å². The van der Waals surface area contributed by atoms with Crippen LogP contribution in [0.3, 0.4) is 0 Å². The average molecular weight is 373 g/mol. The summed E-state index contributed by atoms with van der Waals surface area (Å²) < 4.78 is 5.63. The number of rotatable bonds is 7. The number of hydrogen-bond acceptors (Lipinski definition) is 2. The molecular formula is C18H20Cl3NO. The maximum atomic E-state index is 6.24. The van der Waals surface area contributed by atoms with Crippen molar-refractivity contribution in [1.82, 2.24) is 5.32 Å². The van der Waals surface area contributed by atoms with Crippen LogP contribution in [0.1, 0.15) is 25.0 Å². The maximum Gasteiger partial charge on any atom is 0.138 e. The quantitative estimate of drug-likeness (QED) is 0.623. The summed E-state index contributed by atoms with van der Waals surface area (Å²) in [7, 11) is 0. The van der Waals surface area contributed by atoms with Gasteiger partial charge in [-0.25, -0.2) is 0 Å². The van der Waals surface area contributed by atoms with Gasteiger partial charge in [-0.15, -0.1) is 0 Å². The molecule has 0 atom stereocenters. The molecule has 1 N–H and O–H groups in total. The van der Waals surface area contributed by atoms with E-state index >= 15 is 0 Å². The zero-order valence-corrected chi connectivity index (χ0v) is 15.5. The highest BCUT2D eigenvalue weighted by Crippen LogP contribution is 2.26. The van der Waals surface area contributed by atoms with E-state index < -0.39 is 0 Å². The molecule has 5 heteroatoms. The lowest BCUT2D eigenvalue weighted by Gasteiger charge is -2.12. The van der Waals surface area contributed by atoms with Gasteiger partial charge in [0.2, 0.25) is 0 Å².